The van der Waals surface area contributed by atoms with Gasteiger partial charge in [0.1, 0.15) is 0 Å². The molecule has 1 aromatic heterocycles. The molecule has 1 fully saturated rings. The zero-order valence-corrected chi connectivity index (χ0v) is 8.51. The molecule has 0 saturated carbocycles. The first-order chi connectivity index (χ1) is 6.86. The second kappa shape index (κ2) is 4.47. The molecule has 2 rings (SSSR count). The molecule has 14 heavy (non-hydrogen) atoms. The predicted molar refractivity (Wildman–Crippen MR) is 53.3 cm³/mol. The molecule has 2 N–H and O–H groups in total. The van der Waals surface area contributed by atoms with Crippen molar-refractivity contribution in [3.05, 3.63) is 11.1 Å². The molecule has 6 heteroatoms. The molecule has 1 aliphatic heterocycles. The molecular weight excluding hydrogens is 200 g/mol. The average Bonchev–Trinajstić information content (AvgIpc) is 2.87. The topological polar surface area (TPSA) is 66.9 Å². The van der Waals surface area contributed by atoms with Crippen LogP contribution in [0.5, 0.6) is 0 Å². The fourth-order valence-electron chi connectivity index (χ4n) is 1.50. The number of rotatable bonds is 3. The first-order valence-electron chi connectivity index (χ1n) is 4.65. The lowest BCUT2D eigenvalue weighted by atomic mass is 10.2. The van der Waals surface area contributed by atoms with E-state index in [0.717, 1.165) is 13.0 Å². The smallest absolute Gasteiger partial charge is 0.272 e. The van der Waals surface area contributed by atoms with Gasteiger partial charge in [0, 0.05) is 18.0 Å². The summed E-state index contributed by atoms with van der Waals surface area (Å²) in [6.07, 6.45) is 2.33. The van der Waals surface area contributed by atoms with Gasteiger partial charge in [0.15, 0.2) is 5.69 Å². The largest absolute Gasteiger partial charge is 0.349 e. The molecule has 0 aromatic carbocycles. The molecule has 1 aliphatic rings. The fourth-order valence-corrected chi connectivity index (χ4v) is 1.94. The van der Waals surface area contributed by atoms with Crippen LogP contribution >= 0.6 is 11.5 Å². The summed E-state index contributed by atoms with van der Waals surface area (Å²) in [5.74, 6) is -0.132. The van der Waals surface area contributed by atoms with Gasteiger partial charge >= 0.3 is 0 Å². The van der Waals surface area contributed by atoms with Crippen LogP contribution in [0.1, 0.15) is 23.3 Å². The summed E-state index contributed by atoms with van der Waals surface area (Å²) in [4.78, 5) is 11.4. The summed E-state index contributed by atoms with van der Waals surface area (Å²) < 4.78 is 3.64. The van der Waals surface area contributed by atoms with Gasteiger partial charge in [-0.05, 0) is 30.9 Å². The summed E-state index contributed by atoms with van der Waals surface area (Å²) in [6, 6.07) is 0.422. The molecule has 0 aliphatic carbocycles. The number of carbonyl (C=O) groups is 1. The minimum atomic E-state index is -0.132. The molecule has 0 spiro atoms. The van der Waals surface area contributed by atoms with E-state index in [-0.39, 0.29) is 5.91 Å². The van der Waals surface area contributed by atoms with Crippen molar-refractivity contribution < 1.29 is 4.79 Å². The quantitative estimate of drug-likeness (QED) is 0.741. The SMILES string of the molecule is O=C(NCC1CCCN1)c1csnn1. The van der Waals surface area contributed by atoms with E-state index in [9.17, 15) is 4.79 Å². The van der Waals surface area contributed by atoms with E-state index >= 15 is 0 Å². The fraction of sp³-hybridized carbons (Fsp3) is 0.625. The van der Waals surface area contributed by atoms with Crippen LogP contribution < -0.4 is 10.6 Å². The molecule has 5 nitrogen and oxygen atoms in total. The van der Waals surface area contributed by atoms with Gasteiger partial charge in [-0.15, -0.1) is 5.10 Å². The van der Waals surface area contributed by atoms with Crippen LogP contribution in [0.3, 0.4) is 0 Å². The maximum atomic E-state index is 11.4. The van der Waals surface area contributed by atoms with E-state index in [1.54, 1.807) is 5.38 Å². The Morgan fingerprint density at radius 1 is 1.79 bits per heavy atom. The van der Waals surface area contributed by atoms with E-state index in [4.69, 9.17) is 0 Å². The Kier molecular flexibility index (Phi) is 3.05. The number of nitrogens with one attached hydrogen (secondary N) is 2. The lowest BCUT2D eigenvalue weighted by Gasteiger charge is -2.09. The summed E-state index contributed by atoms with van der Waals surface area (Å²) in [5, 5.41) is 11.5. The van der Waals surface area contributed by atoms with Gasteiger partial charge in [-0.1, -0.05) is 4.49 Å². The van der Waals surface area contributed by atoms with E-state index in [1.165, 1.54) is 18.0 Å². The Hall–Kier alpha value is -1.01. The predicted octanol–water partition coefficient (Wildman–Crippen LogP) is 0.0199. The molecule has 1 aromatic rings. The van der Waals surface area contributed by atoms with Gasteiger partial charge in [0.2, 0.25) is 0 Å². The third-order valence-corrected chi connectivity index (χ3v) is 2.77. The molecule has 76 valence electrons. The second-order valence-corrected chi connectivity index (χ2v) is 3.90. The van der Waals surface area contributed by atoms with Crippen molar-refractivity contribution in [2.24, 2.45) is 0 Å². The second-order valence-electron chi connectivity index (χ2n) is 3.29. The van der Waals surface area contributed by atoms with Gasteiger partial charge in [0.05, 0.1) is 0 Å². The number of hydrogen-bond donors (Lipinski definition) is 2. The van der Waals surface area contributed by atoms with E-state index in [0.29, 0.717) is 18.3 Å². The average molecular weight is 212 g/mol. The lowest BCUT2D eigenvalue weighted by Crippen LogP contribution is -2.37. The zero-order chi connectivity index (χ0) is 9.80. The van der Waals surface area contributed by atoms with Gasteiger partial charge in [0.25, 0.3) is 5.91 Å². The van der Waals surface area contributed by atoms with Gasteiger partial charge in [-0.3, -0.25) is 4.79 Å². The summed E-state index contributed by atoms with van der Waals surface area (Å²) in [5.41, 5.74) is 0.410. The van der Waals surface area contributed by atoms with Crippen molar-refractivity contribution in [3.63, 3.8) is 0 Å². The van der Waals surface area contributed by atoms with Gasteiger partial charge in [-0.25, -0.2) is 0 Å². The first-order valence-corrected chi connectivity index (χ1v) is 5.48. The van der Waals surface area contributed by atoms with Crippen LogP contribution in [0.25, 0.3) is 0 Å². The zero-order valence-electron chi connectivity index (χ0n) is 7.69. The van der Waals surface area contributed by atoms with Crippen molar-refractivity contribution in [2.75, 3.05) is 13.1 Å². The number of amides is 1. The summed E-state index contributed by atoms with van der Waals surface area (Å²) in [7, 11) is 0. The molecule has 0 radical (unpaired) electrons. The van der Waals surface area contributed by atoms with Crippen LogP contribution in [-0.4, -0.2) is 34.6 Å². The van der Waals surface area contributed by atoms with E-state index in [2.05, 4.69) is 20.2 Å². The highest BCUT2D eigenvalue weighted by Crippen LogP contribution is 2.03. The van der Waals surface area contributed by atoms with Crippen molar-refractivity contribution >= 4 is 17.4 Å². The standard InChI is InChI=1S/C8H12N4OS/c13-8(7-5-14-12-11-7)10-4-6-2-1-3-9-6/h5-6,9H,1-4H2,(H,10,13). The van der Waals surface area contributed by atoms with Crippen molar-refractivity contribution in [2.45, 2.75) is 18.9 Å². The number of nitrogens with zero attached hydrogens (tertiary/aromatic N) is 2. The van der Waals surface area contributed by atoms with Crippen molar-refractivity contribution in [1.82, 2.24) is 20.2 Å². The summed E-state index contributed by atoms with van der Waals surface area (Å²) >= 11 is 1.19. The molecule has 1 unspecified atom stereocenters. The van der Waals surface area contributed by atoms with Crippen LogP contribution in [0, 0.1) is 0 Å². The Labute approximate surface area is 86.1 Å². The lowest BCUT2D eigenvalue weighted by molar-refractivity contribution is 0.0945. The van der Waals surface area contributed by atoms with Gasteiger partial charge in [-0.2, -0.15) is 0 Å². The third kappa shape index (κ3) is 2.27. The van der Waals surface area contributed by atoms with Crippen LogP contribution in [-0.2, 0) is 0 Å². The minimum absolute atomic E-state index is 0.132. The highest BCUT2D eigenvalue weighted by atomic mass is 32.1. The third-order valence-electron chi connectivity index (χ3n) is 2.26. The molecule has 1 amide bonds. The Bertz CT molecular complexity index is 294. The molecule has 2 heterocycles. The van der Waals surface area contributed by atoms with Crippen molar-refractivity contribution in [1.29, 1.82) is 0 Å². The number of hydrogen-bond acceptors (Lipinski definition) is 5. The Balaban J connectivity index is 1.78. The maximum Gasteiger partial charge on any atom is 0.272 e. The Morgan fingerprint density at radius 2 is 2.71 bits per heavy atom. The van der Waals surface area contributed by atoms with Crippen LogP contribution in [0.2, 0.25) is 0 Å². The van der Waals surface area contributed by atoms with Crippen LogP contribution in [0.15, 0.2) is 5.38 Å². The molecule has 1 saturated heterocycles. The number of aromatic nitrogens is 2. The van der Waals surface area contributed by atoms with E-state index < -0.39 is 0 Å². The van der Waals surface area contributed by atoms with E-state index in [1.807, 2.05) is 0 Å². The van der Waals surface area contributed by atoms with Crippen LogP contribution in [0.4, 0.5) is 0 Å². The monoisotopic (exact) mass is 212 g/mol. The molecular formula is C8H12N4OS. The maximum absolute atomic E-state index is 11.4. The normalized spacial score (nSPS) is 21.0. The van der Waals surface area contributed by atoms with Crippen molar-refractivity contribution in [3.8, 4) is 0 Å². The minimum Gasteiger partial charge on any atom is -0.349 e. The highest BCUT2D eigenvalue weighted by molar-refractivity contribution is 7.03. The highest BCUT2D eigenvalue weighted by Gasteiger charge is 2.15. The molecule has 0 bridgehead atoms. The number of carbonyl (C=O) groups excluding carboxylic acids is 1. The van der Waals surface area contributed by atoms with Gasteiger partial charge < -0.3 is 10.6 Å². The Morgan fingerprint density at radius 3 is 3.36 bits per heavy atom. The summed E-state index contributed by atoms with van der Waals surface area (Å²) in [6.45, 7) is 1.73. The first kappa shape index (κ1) is 9.54. The molecule has 1 atom stereocenters.